The van der Waals surface area contributed by atoms with Crippen molar-refractivity contribution in [2.45, 2.75) is 195 Å². The Balaban J connectivity index is 0.000000231. The molecule has 0 aliphatic carbocycles. The molecular formula is C97H116ClF6N11O9. The first-order valence-corrected chi connectivity index (χ1v) is 42.2. The summed E-state index contributed by atoms with van der Waals surface area (Å²) in [7, 11) is 6.97. The number of nitrogens with zero attached hydrogens (tertiary/aromatic N) is 9. The van der Waals surface area contributed by atoms with E-state index in [9.17, 15) is 69.5 Å². The Hall–Kier alpha value is -10.9. The maximum atomic E-state index is 14.7. The van der Waals surface area contributed by atoms with Crippen LogP contribution in [0.15, 0.2) is 186 Å². The lowest BCUT2D eigenvalue weighted by atomic mass is 9.86. The number of aryl methyl sites for hydroxylation is 4. The van der Waals surface area contributed by atoms with Crippen LogP contribution in [0, 0.1) is 45.3 Å². The number of nitrogens with one attached hydrogen (secondary N) is 2. The molecule has 2 N–H and O–H groups in total. The van der Waals surface area contributed by atoms with Gasteiger partial charge < -0.3 is 39.3 Å². The van der Waals surface area contributed by atoms with E-state index >= 15 is 0 Å². The summed E-state index contributed by atoms with van der Waals surface area (Å²) in [6.45, 7) is 19.6. The van der Waals surface area contributed by atoms with E-state index in [4.69, 9.17) is 11.6 Å². The summed E-state index contributed by atoms with van der Waals surface area (Å²) in [4.78, 5) is 138. The van der Waals surface area contributed by atoms with E-state index in [-0.39, 0.29) is 104 Å². The van der Waals surface area contributed by atoms with Crippen molar-refractivity contribution in [3.05, 3.63) is 264 Å². The second-order valence-corrected chi connectivity index (χ2v) is 34.1. The molecule has 0 spiro atoms. The van der Waals surface area contributed by atoms with Crippen LogP contribution in [0.25, 0.3) is 33.5 Å². The number of likely N-dealkylation sites (tertiary alicyclic amines) is 1. The van der Waals surface area contributed by atoms with Gasteiger partial charge in [-0.3, -0.25) is 58.2 Å². The smallest absolute Gasteiger partial charge is 0.347 e. The number of hydrogen-bond acceptors (Lipinski definition) is 15. The Bertz CT molecular complexity index is 5230. The molecule has 1 saturated heterocycles. The minimum atomic E-state index is -4.30. The number of carbonyl (C=O) groups is 7. The Kier molecular flexibility index (Phi) is 36.7. The fraction of sp³-hybridized carbons (Fsp3) is 0.423. The van der Waals surface area contributed by atoms with Crippen molar-refractivity contribution in [1.82, 2.24) is 54.3 Å². The fourth-order valence-corrected chi connectivity index (χ4v) is 16.1. The van der Waals surface area contributed by atoms with Gasteiger partial charge in [0.1, 0.15) is 35.3 Å². The molecular weight excluding hydrogens is 1610 g/mol. The van der Waals surface area contributed by atoms with E-state index in [0.29, 0.717) is 71.7 Å². The number of amides is 3. The fourth-order valence-electron chi connectivity index (χ4n) is 15.8. The Morgan fingerprint density at radius 2 is 1.11 bits per heavy atom. The number of alkyl halides is 5. The highest BCUT2D eigenvalue weighted by atomic mass is 35.5. The maximum Gasteiger partial charge on any atom is 0.401 e. The molecule has 27 heteroatoms. The number of pyridine rings is 5. The Morgan fingerprint density at radius 3 is 1.67 bits per heavy atom. The van der Waals surface area contributed by atoms with Crippen LogP contribution in [0.3, 0.4) is 0 Å². The highest BCUT2D eigenvalue weighted by molar-refractivity contribution is 6.33. The van der Waals surface area contributed by atoms with Crippen LogP contribution in [0.4, 0.5) is 26.3 Å². The molecule has 20 nitrogen and oxygen atoms in total. The standard InChI is InChI=1S/C33H39ClF3N3O3.C32H39F3N4O3.C32H38N4O3/c1-21(2)15-29(40-14-11-24(17-31(40)43)10-13-39(5)20-33(35,36)37)30(42)19-26(16-23(4)41)25-9-12-38-28(18-25)32-22(3)7-6-8-27(32)34;1-20(2)13-28(39-18-23(9-10-30(39)41)11-12-38(5)19-29(34)35)32(42)37-27(14-22(4)40)24-15-25(17-36-16-24)31-21(3)7-6-8-26(31)33;1-21-10-9-11-22(2)30(21)26-17-25(18-33-19-26)28(16-23(3)37)34-32(39)31(24-12-7-6-8-13-24)36-20-27(35(4)5)14-15-29(36)38/h6-9,11-12,14,17-18,21,26,29H,10,13,15-16,19-20H2,1-5H3;6-10,15-18,20,27-29H,11-14,19H2,1-5H3,(H,37,42);6-13,17-19,27-28,31H,14-16,20H2,1-5H3,(H,34,39)/t26-,29+;27-,28-;27?,28-,31?/m100/s1. The summed E-state index contributed by atoms with van der Waals surface area (Å²) in [6.07, 6.45) is 7.52. The summed E-state index contributed by atoms with van der Waals surface area (Å²) in [5, 5.41) is 6.63. The average molecular weight is 1730 g/mol. The number of ketones is 4. The number of rotatable bonds is 37. The molecule has 0 saturated carbocycles. The SMILES string of the molecule is CC(=O)C[C@H](CC(=O)[C@H](CC(C)C)n1ccc(CCN(C)CC(F)(F)F)cc1=O)c1ccnc(-c2c(C)cccc2Cl)c1.CC(=O)C[C@H](NC(=O)C(c1ccccc1)N1CC(N(C)C)CCC1=O)c1cncc(-c2c(C)cccc2C)c1.CC(=O)C[C@H](NC(=O)[C@H](CC(C)C)n1cc(CCN(C)CC(F)F)ccc1=O)c1cncc(-c2c(C)cccc2F)c1. The van der Waals surface area contributed by atoms with Gasteiger partial charge in [-0.05, 0) is 230 Å². The predicted octanol–water partition coefficient (Wildman–Crippen LogP) is 17.5. The van der Waals surface area contributed by atoms with Gasteiger partial charge in [0.2, 0.25) is 17.7 Å². The van der Waals surface area contributed by atoms with E-state index in [1.54, 1.807) is 86.1 Å². The number of carbonyl (C=O) groups excluding carboxylic acids is 7. The molecule has 3 amide bonds. The molecule has 5 aromatic heterocycles. The zero-order valence-corrected chi connectivity index (χ0v) is 74.2. The summed E-state index contributed by atoms with van der Waals surface area (Å²) < 4.78 is 80.9. The summed E-state index contributed by atoms with van der Waals surface area (Å²) >= 11 is 6.48. The lowest BCUT2D eigenvalue weighted by Gasteiger charge is -2.40. The van der Waals surface area contributed by atoms with Crippen LogP contribution in [0.1, 0.15) is 192 Å². The molecule has 0 radical (unpaired) electrons. The monoisotopic (exact) mass is 1730 g/mol. The van der Waals surface area contributed by atoms with Gasteiger partial charge in [0.05, 0.1) is 41.9 Å². The van der Waals surface area contributed by atoms with E-state index in [1.807, 2.05) is 116 Å². The van der Waals surface area contributed by atoms with E-state index in [1.165, 1.54) is 72.4 Å². The lowest BCUT2D eigenvalue weighted by molar-refractivity contribution is -0.145. The highest BCUT2D eigenvalue weighted by Crippen LogP contribution is 2.37. The van der Waals surface area contributed by atoms with Gasteiger partial charge in [-0.15, -0.1) is 0 Å². The third-order valence-electron chi connectivity index (χ3n) is 22.0. The summed E-state index contributed by atoms with van der Waals surface area (Å²) in [5.74, 6) is -1.94. The second-order valence-electron chi connectivity index (χ2n) is 33.7. The minimum Gasteiger partial charge on any atom is -0.347 e. The minimum absolute atomic E-state index is 0.0209. The second kappa shape index (κ2) is 46.2. The molecule has 662 valence electrons. The molecule has 9 aromatic rings. The number of benzene rings is 4. The zero-order chi connectivity index (χ0) is 91.0. The molecule has 10 rings (SSSR count). The first kappa shape index (κ1) is 98.5. The lowest BCUT2D eigenvalue weighted by Crippen LogP contribution is -2.52. The van der Waals surface area contributed by atoms with Crippen molar-refractivity contribution in [2.75, 3.05) is 60.9 Å². The molecule has 2 unspecified atom stereocenters. The van der Waals surface area contributed by atoms with E-state index < -0.39 is 72.6 Å². The van der Waals surface area contributed by atoms with Crippen molar-refractivity contribution in [3.8, 4) is 33.5 Å². The van der Waals surface area contributed by atoms with Crippen LogP contribution in [-0.2, 0) is 46.4 Å². The molecule has 1 fully saturated rings. The van der Waals surface area contributed by atoms with Crippen molar-refractivity contribution >= 4 is 52.5 Å². The third-order valence-corrected chi connectivity index (χ3v) is 22.3. The number of halogens is 7. The quantitative estimate of drug-likeness (QED) is 0.0344. The topological polar surface area (TPSA) is 239 Å². The number of likely N-dealkylation sites (N-methyl/N-ethyl adjacent to an activating group) is 3. The molecule has 0 bridgehead atoms. The third kappa shape index (κ3) is 29.1. The van der Waals surface area contributed by atoms with Crippen LogP contribution < -0.4 is 21.8 Å². The van der Waals surface area contributed by atoms with Crippen molar-refractivity contribution in [3.63, 3.8) is 0 Å². The van der Waals surface area contributed by atoms with Gasteiger partial charge in [0, 0.05) is 136 Å². The number of piperidine rings is 1. The zero-order valence-electron chi connectivity index (χ0n) is 73.5. The summed E-state index contributed by atoms with van der Waals surface area (Å²) in [5.41, 5.74) is 11.7. The number of aromatic nitrogens is 5. The van der Waals surface area contributed by atoms with Crippen LogP contribution in [0.5, 0.6) is 0 Å². The molecule has 1 aliphatic heterocycles. The van der Waals surface area contributed by atoms with Crippen LogP contribution in [-0.4, -0.2) is 164 Å². The molecule has 6 heterocycles. The van der Waals surface area contributed by atoms with Crippen molar-refractivity contribution in [1.29, 1.82) is 0 Å². The first-order chi connectivity index (χ1) is 58.6. The van der Waals surface area contributed by atoms with Crippen LogP contribution in [0.2, 0.25) is 5.02 Å². The van der Waals surface area contributed by atoms with Crippen molar-refractivity contribution in [2.24, 2.45) is 11.8 Å². The predicted molar refractivity (Wildman–Crippen MR) is 473 cm³/mol. The van der Waals surface area contributed by atoms with Gasteiger partial charge in [-0.1, -0.05) is 118 Å². The van der Waals surface area contributed by atoms with E-state index in [0.717, 1.165) is 72.5 Å². The van der Waals surface area contributed by atoms with E-state index in [2.05, 4.69) is 56.5 Å². The first-order valence-electron chi connectivity index (χ1n) is 41.8. The Morgan fingerprint density at radius 1 is 0.565 bits per heavy atom. The van der Waals surface area contributed by atoms with Gasteiger partial charge >= 0.3 is 6.18 Å². The molecule has 7 atom stereocenters. The Labute approximate surface area is 728 Å². The highest BCUT2D eigenvalue weighted by Gasteiger charge is 2.39. The van der Waals surface area contributed by atoms with Gasteiger partial charge in [0.15, 0.2) is 5.78 Å². The maximum absolute atomic E-state index is 14.7. The average Bonchev–Trinajstić information content (AvgIpc) is 0.799. The summed E-state index contributed by atoms with van der Waals surface area (Å²) in [6, 6.07) is 35.7. The molecule has 4 aromatic carbocycles. The molecule has 1 aliphatic rings. The largest absolute Gasteiger partial charge is 0.401 e. The number of hydrogen-bond donors (Lipinski definition) is 2. The van der Waals surface area contributed by atoms with Gasteiger partial charge in [0.25, 0.3) is 17.5 Å². The van der Waals surface area contributed by atoms with Crippen molar-refractivity contribution < 1.29 is 59.9 Å². The van der Waals surface area contributed by atoms with Gasteiger partial charge in [-0.25, -0.2) is 13.2 Å². The molecule has 124 heavy (non-hydrogen) atoms. The van der Waals surface area contributed by atoms with Gasteiger partial charge in [-0.2, -0.15) is 13.2 Å². The van der Waals surface area contributed by atoms with Crippen LogP contribution >= 0.6 is 11.6 Å². The number of Topliss-reactive ketones (excluding diaryl/α,β-unsaturated/α-hetero) is 4. The normalized spacial score (nSPS) is 14.4.